The molecule has 1 aliphatic heterocycles. The number of likely N-dealkylation sites (tertiary alicyclic amines) is 1. The number of Topliss-reactive ketones (excluding diaryl/α,β-unsaturated/α-hetero) is 1. The molecule has 1 aromatic heterocycles. The molecule has 2 aromatic carbocycles. The third-order valence-corrected chi connectivity index (χ3v) is 5.13. The van der Waals surface area contributed by atoms with E-state index in [-0.39, 0.29) is 17.9 Å². The lowest BCUT2D eigenvalue weighted by atomic mass is 9.95. The summed E-state index contributed by atoms with van der Waals surface area (Å²) in [4.78, 5) is 27.2. The fourth-order valence-corrected chi connectivity index (χ4v) is 3.62. The molecule has 1 amide bonds. The minimum absolute atomic E-state index is 0.0186. The monoisotopic (exact) mass is 433 g/mol. The zero-order chi connectivity index (χ0) is 22.7. The summed E-state index contributed by atoms with van der Waals surface area (Å²) in [7, 11) is 0. The van der Waals surface area contributed by atoms with E-state index in [1.165, 1.54) is 35.4 Å². The summed E-state index contributed by atoms with van der Waals surface area (Å²) in [6.45, 7) is 3.93. The van der Waals surface area contributed by atoms with Gasteiger partial charge in [0.2, 0.25) is 0 Å². The molecule has 1 fully saturated rings. The Bertz CT molecular complexity index is 1160. The molecule has 3 aromatic rings. The average Bonchev–Trinajstić information content (AvgIpc) is 3.41. The topological polar surface area (TPSA) is 80.0 Å². The van der Waals surface area contributed by atoms with E-state index in [1.54, 1.807) is 42.5 Å². The average molecular weight is 433 g/mol. The fraction of sp³-hybridized carbons (Fsp3) is 0.120. The molecule has 32 heavy (non-hydrogen) atoms. The Morgan fingerprint density at radius 1 is 1.12 bits per heavy atom. The van der Waals surface area contributed by atoms with Crippen LogP contribution in [-0.2, 0) is 16.1 Å². The van der Waals surface area contributed by atoms with Crippen molar-refractivity contribution in [3.63, 3.8) is 0 Å². The quantitative estimate of drug-likeness (QED) is 0.255. The van der Waals surface area contributed by atoms with E-state index in [0.717, 1.165) is 0 Å². The number of carbonyl (C=O) groups excluding carboxylic acids is 2. The highest BCUT2D eigenvalue weighted by Gasteiger charge is 2.46. The van der Waals surface area contributed by atoms with Gasteiger partial charge in [0.25, 0.3) is 11.7 Å². The predicted octanol–water partition coefficient (Wildman–Crippen LogP) is 4.61. The number of aliphatic hydroxyl groups excluding tert-OH is 1. The first-order valence-corrected chi connectivity index (χ1v) is 9.90. The Kier molecular flexibility index (Phi) is 5.89. The van der Waals surface area contributed by atoms with Crippen LogP contribution in [0.25, 0.3) is 5.76 Å². The van der Waals surface area contributed by atoms with Crippen molar-refractivity contribution in [2.24, 2.45) is 0 Å². The first-order chi connectivity index (χ1) is 15.5. The van der Waals surface area contributed by atoms with Crippen molar-refractivity contribution >= 4 is 17.4 Å². The van der Waals surface area contributed by atoms with Gasteiger partial charge in [-0.3, -0.25) is 9.59 Å². The lowest BCUT2D eigenvalue weighted by molar-refractivity contribution is -0.140. The summed E-state index contributed by atoms with van der Waals surface area (Å²) in [6, 6.07) is 14.4. The summed E-state index contributed by atoms with van der Waals surface area (Å²) in [6.07, 6.45) is 3.08. The van der Waals surface area contributed by atoms with Gasteiger partial charge in [-0.1, -0.05) is 24.8 Å². The number of halogens is 1. The van der Waals surface area contributed by atoms with E-state index in [2.05, 4.69) is 6.58 Å². The minimum Gasteiger partial charge on any atom is -0.507 e. The van der Waals surface area contributed by atoms with Crippen LogP contribution in [-0.4, -0.2) is 28.3 Å². The van der Waals surface area contributed by atoms with E-state index >= 15 is 0 Å². The number of ketones is 1. The Morgan fingerprint density at radius 3 is 2.47 bits per heavy atom. The number of aliphatic hydroxyl groups is 1. The number of nitrogens with zero attached hydrogens (tertiary/aromatic N) is 1. The third kappa shape index (κ3) is 4.05. The fourth-order valence-electron chi connectivity index (χ4n) is 3.62. The van der Waals surface area contributed by atoms with E-state index in [4.69, 9.17) is 9.15 Å². The van der Waals surface area contributed by atoms with Crippen molar-refractivity contribution in [3.05, 3.63) is 108 Å². The Labute approximate surface area is 183 Å². The van der Waals surface area contributed by atoms with E-state index < -0.39 is 23.5 Å². The summed E-state index contributed by atoms with van der Waals surface area (Å²) in [5.41, 5.74) is 0.761. The second-order valence-electron chi connectivity index (χ2n) is 7.18. The van der Waals surface area contributed by atoms with E-state index in [1.807, 2.05) is 0 Å². The van der Waals surface area contributed by atoms with Gasteiger partial charge in [-0.2, -0.15) is 0 Å². The molecule has 0 aliphatic carbocycles. The van der Waals surface area contributed by atoms with Crippen LogP contribution >= 0.6 is 0 Å². The number of benzene rings is 2. The molecule has 0 bridgehead atoms. The molecule has 1 aliphatic rings. The summed E-state index contributed by atoms with van der Waals surface area (Å²) in [5, 5.41) is 11.0. The first-order valence-electron chi connectivity index (χ1n) is 9.90. The van der Waals surface area contributed by atoms with Gasteiger partial charge in [0.15, 0.2) is 0 Å². The van der Waals surface area contributed by atoms with Crippen molar-refractivity contribution in [1.82, 2.24) is 4.90 Å². The van der Waals surface area contributed by atoms with Crippen molar-refractivity contribution in [1.29, 1.82) is 0 Å². The lowest BCUT2D eigenvalue weighted by Crippen LogP contribution is -2.29. The van der Waals surface area contributed by atoms with Gasteiger partial charge < -0.3 is 19.2 Å². The second kappa shape index (κ2) is 8.93. The molecule has 2 heterocycles. The molecule has 162 valence electrons. The van der Waals surface area contributed by atoms with Crippen LogP contribution < -0.4 is 4.74 Å². The zero-order valence-corrected chi connectivity index (χ0v) is 17.0. The zero-order valence-electron chi connectivity index (χ0n) is 17.0. The molecule has 0 unspecified atom stereocenters. The molecule has 7 heteroatoms. The smallest absolute Gasteiger partial charge is 0.296 e. The van der Waals surface area contributed by atoms with Gasteiger partial charge in [-0.25, -0.2) is 4.39 Å². The predicted molar refractivity (Wildman–Crippen MR) is 115 cm³/mol. The van der Waals surface area contributed by atoms with Crippen LogP contribution in [0.3, 0.4) is 0 Å². The maximum absolute atomic E-state index is 13.5. The molecule has 1 saturated heterocycles. The number of amides is 1. The molecule has 0 saturated carbocycles. The highest BCUT2D eigenvalue weighted by molar-refractivity contribution is 6.46. The van der Waals surface area contributed by atoms with E-state index in [9.17, 15) is 19.1 Å². The molecule has 6 nitrogen and oxygen atoms in total. The second-order valence-corrected chi connectivity index (χ2v) is 7.18. The number of ether oxygens (including phenoxy) is 1. The number of rotatable bonds is 7. The Hall–Kier alpha value is -4.13. The molecule has 1 atom stereocenters. The van der Waals surface area contributed by atoms with Gasteiger partial charge in [-0.15, -0.1) is 0 Å². The van der Waals surface area contributed by atoms with Crippen LogP contribution in [0.4, 0.5) is 4.39 Å². The number of hydrogen-bond donors (Lipinski definition) is 1. The summed E-state index contributed by atoms with van der Waals surface area (Å²) < 4.78 is 24.3. The molecule has 4 rings (SSSR count). The van der Waals surface area contributed by atoms with Crippen LogP contribution in [0, 0.1) is 5.82 Å². The molecule has 0 spiro atoms. The number of carbonyl (C=O) groups is 2. The van der Waals surface area contributed by atoms with Gasteiger partial charge in [0, 0.05) is 5.56 Å². The summed E-state index contributed by atoms with van der Waals surface area (Å²) >= 11 is 0. The first kappa shape index (κ1) is 21.1. The van der Waals surface area contributed by atoms with Crippen molar-refractivity contribution in [2.75, 3.05) is 6.61 Å². The van der Waals surface area contributed by atoms with Gasteiger partial charge in [0.1, 0.15) is 29.7 Å². The number of furan rings is 1. The minimum atomic E-state index is -0.905. The normalized spacial score (nSPS) is 17.5. The van der Waals surface area contributed by atoms with Gasteiger partial charge in [0.05, 0.1) is 24.4 Å². The van der Waals surface area contributed by atoms with Gasteiger partial charge >= 0.3 is 0 Å². The highest BCUT2D eigenvalue weighted by Crippen LogP contribution is 2.40. The lowest BCUT2D eigenvalue weighted by Gasteiger charge is -2.24. The third-order valence-electron chi connectivity index (χ3n) is 5.13. The Balaban J connectivity index is 1.78. The van der Waals surface area contributed by atoms with E-state index in [0.29, 0.717) is 29.2 Å². The molecular formula is C25H20FNO5. The summed E-state index contributed by atoms with van der Waals surface area (Å²) in [5.74, 6) is -1.34. The van der Waals surface area contributed by atoms with Gasteiger partial charge in [-0.05, 0) is 54.1 Å². The maximum atomic E-state index is 13.5. The standard InChI is InChI=1S/C25H20FNO5/c1-2-13-31-19-11-7-17(8-12-19)23(28)21-22(16-5-9-18(26)10-6-16)27(25(30)24(21)29)15-20-4-3-14-32-20/h2-12,14,22,28H,1,13,15H2/t22-/m0/s1. The van der Waals surface area contributed by atoms with Crippen molar-refractivity contribution in [2.45, 2.75) is 12.6 Å². The molecular weight excluding hydrogens is 413 g/mol. The maximum Gasteiger partial charge on any atom is 0.296 e. The van der Waals surface area contributed by atoms with Crippen LogP contribution in [0.1, 0.15) is 22.9 Å². The highest BCUT2D eigenvalue weighted by atomic mass is 19.1. The number of hydrogen-bond acceptors (Lipinski definition) is 5. The van der Waals surface area contributed by atoms with Crippen LogP contribution in [0.15, 0.2) is 89.6 Å². The van der Waals surface area contributed by atoms with Crippen LogP contribution in [0.2, 0.25) is 0 Å². The Morgan fingerprint density at radius 2 is 1.84 bits per heavy atom. The SMILES string of the molecule is C=CCOc1ccc(C(O)=C2C(=O)C(=O)N(Cc3ccco3)[C@H]2c2ccc(F)cc2)cc1. The molecule has 1 N–H and O–H groups in total. The van der Waals surface area contributed by atoms with Crippen molar-refractivity contribution < 1.29 is 28.2 Å². The van der Waals surface area contributed by atoms with Crippen molar-refractivity contribution in [3.8, 4) is 5.75 Å². The van der Waals surface area contributed by atoms with Crippen LogP contribution in [0.5, 0.6) is 5.75 Å². The largest absolute Gasteiger partial charge is 0.507 e. The molecule has 0 radical (unpaired) electrons.